The third-order valence-corrected chi connectivity index (χ3v) is 2.97. The third kappa shape index (κ3) is 4.41. The second-order valence-corrected chi connectivity index (χ2v) is 4.33. The van der Waals surface area contributed by atoms with Gasteiger partial charge in [-0.1, -0.05) is 12.2 Å². The Morgan fingerprint density at radius 2 is 2.13 bits per heavy atom. The van der Waals surface area contributed by atoms with Crippen molar-refractivity contribution in [3.05, 3.63) is 12.2 Å². The number of rotatable bonds is 4. The van der Waals surface area contributed by atoms with Crippen molar-refractivity contribution in [1.82, 2.24) is 4.90 Å². The van der Waals surface area contributed by atoms with E-state index in [2.05, 4.69) is 29.8 Å². The van der Waals surface area contributed by atoms with E-state index < -0.39 is 0 Å². The van der Waals surface area contributed by atoms with Gasteiger partial charge >= 0.3 is 0 Å². The number of aliphatic imine (C=N–C) groups is 1. The number of nitrogens with zero attached hydrogens (tertiary/aromatic N) is 2. The fourth-order valence-electron chi connectivity index (χ4n) is 1.97. The van der Waals surface area contributed by atoms with Crippen LogP contribution in [0.4, 0.5) is 0 Å². The summed E-state index contributed by atoms with van der Waals surface area (Å²) in [7, 11) is 0. The molecule has 0 aromatic rings. The predicted octanol–water partition coefficient (Wildman–Crippen LogP) is 2.00. The molecule has 1 fully saturated rings. The van der Waals surface area contributed by atoms with Crippen molar-refractivity contribution >= 4 is 6.08 Å². The van der Waals surface area contributed by atoms with E-state index in [1.54, 1.807) is 6.08 Å². The number of carbonyl (C=O) groups excluding carboxylic acids is 1. The number of hydrogen-bond donors (Lipinski definition) is 0. The number of piperidine rings is 1. The molecule has 0 unspecified atom stereocenters. The van der Waals surface area contributed by atoms with Crippen LogP contribution in [0.5, 0.6) is 0 Å². The van der Waals surface area contributed by atoms with Crippen LogP contribution in [-0.2, 0) is 4.79 Å². The Labute approximate surface area is 91.9 Å². The van der Waals surface area contributed by atoms with Crippen molar-refractivity contribution in [2.45, 2.75) is 32.7 Å². The molecule has 84 valence electrons. The molecule has 0 N–H and O–H groups in total. The van der Waals surface area contributed by atoms with Crippen molar-refractivity contribution < 1.29 is 4.79 Å². The van der Waals surface area contributed by atoms with Gasteiger partial charge in [-0.2, -0.15) is 0 Å². The van der Waals surface area contributed by atoms with Gasteiger partial charge in [0.15, 0.2) is 0 Å². The van der Waals surface area contributed by atoms with Gasteiger partial charge in [0.25, 0.3) is 0 Å². The number of isocyanates is 1. The highest BCUT2D eigenvalue weighted by atomic mass is 16.1. The van der Waals surface area contributed by atoms with Gasteiger partial charge in [-0.3, -0.25) is 0 Å². The summed E-state index contributed by atoms with van der Waals surface area (Å²) >= 11 is 0. The fourth-order valence-corrected chi connectivity index (χ4v) is 1.97. The minimum Gasteiger partial charge on any atom is -0.301 e. The summed E-state index contributed by atoms with van der Waals surface area (Å²) in [5.41, 5.74) is 0. The summed E-state index contributed by atoms with van der Waals surface area (Å²) in [5, 5.41) is 0. The van der Waals surface area contributed by atoms with E-state index in [1.165, 1.54) is 25.9 Å². The Morgan fingerprint density at radius 1 is 1.47 bits per heavy atom. The molecule has 1 rings (SSSR count). The first-order chi connectivity index (χ1) is 7.24. The van der Waals surface area contributed by atoms with Crippen LogP contribution in [-0.4, -0.2) is 36.7 Å². The Hall–Kier alpha value is -0.920. The molecule has 15 heavy (non-hydrogen) atoms. The maximum absolute atomic E-state index is 9.84. The fraction of sp³-hybridized carbons (Fsp3) is 0.750. The van der Waals surface area contributed by atoms with Gasteiger partial charge in [-0.25, -0.2) is 9.79 Å². The highest BCUT2D eigenvalue weighted by Crippen LogP contribution is 2.19. The van der Waals surface area contributed by atoms with Crippen LogP contribution in [0.1, 0.15) is 26.7 Å². The molecule has 0 atom stereocenters. The van der Waals surface area contributed by atoms with Gasteiger partial charge in [-0.15, -0.1) is 0 Å². The molecule has 1 aliphatic heterocycles. The normalized spacial score (nSPS) is 19.7. The Balaban J connectivity index is 2.25. The molecule has 1 aliphatic rings. The molecule has 3 nitrogen and oxygen atoms in total. The van der Waals surface area contributed by atoms with E-state index in [0.29, 0.717) is 18.5 Å². The highest BCUT2D eigenvalue weighted by Gasteiger charge is 2.18. The number of hydrogen-bond acceptors (Lipinski definition) is 3. The van der Waals surface area contributed by atoms with Crippen LogP contribution >= 0.6 is 0 Å². The minimum atomic E-state index is 0.480. The number of allylic oxidation sites excluding steroid dienone is 1. The van der Waals surface area contributed by atoms with Crippen molar-refractivity contribution in [3.63, 3.8) is 0 Å². The first-order valence-electron chi connectivity index (χ1n) is 5.68. The first kappa shape index (κ1) is 12.2. The lowest BCUT2D eigenvalue weighted by Crippen LogP contribution is -2.38. The van der Waals surface area contributed by atoms with Crippen LogP contribution < -0.4 is 0 Å². The van der Waals surface area contributed by atoms with E-state index >= 15 is 0 Å². The van der Waals surface area contributed by atoms with Crippen molar-refractivity contribution in [3.8, 4) is 0 Å². The average molecular weight is 208 g/mol. The summed E-state index contributed by atoms with van der Waals surface area (Å²) < 4.78 is 0. The smallest absolute Gasteiger partial charge is 0.235 e. The molecule has 1 heterocycles. The second-order valence-electron chi connectivity index (χ2n) is 4.33. The van der Waals surface area contributed by atoms with Crippen LogP contribution in [0, 0.1) is 5.92 Å². The van der Waals surface area contributed by atoms with E-state index in [9.17, 15) is 4.79 Å². The van der Waals surface area contributed by atoms with Crippen molar-refractivity contribution in [2.75, 3.05) is 19.6 Å². The molecule has 3 heteroatoms. The lowest BCUT2D eigenvalue weighted by Gasteiger charge is -2.33. The van der Waals surface area contributed by atoms with E-state index in [-0.39, 0.29) is 0 Å². The van der Waals surface area contributed by atoms with E-state index in [1.807, 2.05) is 6.08 Å². The molecule has 0 aromatic heterocycles. The third-order valence-electron chi connectivity index (χ3n) is 2.97. The van der Waals surface area contributed by atoms with Crippen LogP contribution in [0.25, 0.3) is 0 Å². The maximum Gasteiger partial charge on any atom is 0.235 e. The summed E-state index contributed by atoms with van der Waals surface area (Å²) in [6, 6.07) is 0.662. The van der Waals surface area contributed by atoms with Crippen LogP contribution in [0.2, 0.25) is 0 Å². The molecule has 1 saturated heterocycles. The standard InChI is InChI=1S/C12H20N2O/c1-11(2)14-8-5-12(6-9-14)4-3-7-13-10-15/h3-4,11-12H,5-9H2,1-2H3/b4-3-. The molecule has 0 bridgehead atoms. The Kier molecular flexibility index (Phi) is 5.30. The summed E-state index contributed by atoms with van der Waals surface area (Å²) in [4.78, 5) is 15.8. The van der Waals surface area contributed by atoms with Crippen LogP contribution in [0.15, 0.2) is 17.1 Å². The second kappa shape index (κ2) is 6.54. The number of likely N-dealkylation sites (tertiary alicyclic amines) is 1. The van der Waals surface area contributed by atoms with Crippen molar-refractivity contribution in [2.24, 2.45) is 10.9 Å². The van der Waals surface area contributed by atoms with Gasteiger partial charge in [0, 0.05) is 6.04 Å². The zero-order valence-electron chi connectivity index (χ0n) is 9.65. The van der Waals surface area contributed by atoms with Crippen LogP contribution in [0.3, 0.4) is 0 Å². The molecule has 0 spiro atoms. The molecule has 0 saturated carbocycles. The zero-order chi connectivity index (χ0) is 11.1. The van der Waals surface area contributed by atoms with E-state index in [0.717, 1.165) is 0 Å². The zero-order valence-corrected chi connectivity index (χ0v) is 9.65. The molecule has 0 aliphatic carbocycles. The molecule has 0 amide bonds. The highest BCUT2D eigenvalue weighted by molar-refractivity contribution is 5.33. The lowest BCUT2D eigenvalue weighted by atomic mass is 9.95. The van der Waals surface area contributed by atoms with Gasteiger partial charge in [-0.05, 0) is 45.7 Å². The Bertz CT molecular complexity index is 246. The summed E-state index contributed by atoms with van der Waals surface area (Å²) in [5.74, 6) is 0.668. The molecular formula is C12H20N2O. The summed E-state index contributed by atoms with van der Waals surface area (Å²) in [6.07, 6.45) is 8.15. The van der Waals surface area contributed by atoms with Gasteiger partial charge < -0.3 is 4.90 Å². The van der Waals surface area contributed by atoms with Gasteiger partial charge in [0.2, 0.25) is 6.08 Å². The lowest BCUT2D eigenvalue weighted by molar-refractivity contribution is 0.164. The molecular weight excluding hydrogens is 188 g/mol. The van der Waals surface area contributed by atoms with Gasteiger partial charge in [0.1, 0.15) is 0 Å². The molecule has 0 radical (unpaired) electrons. The minimum absolute atomic E-state index is 0.480. The van der Waals surface area contributed by atoms with Crippen molar-refractivity contribution in [1.29, 1.82) is 0 Å². The first-order valence-corrected chi connectivity index (χ1v) is 5.68. The van der Waals surface area contributed by atoms with Gasteiger partial charge in [0.05, 0.1) is 6.54 Å². The van der Waals surface area contributed by atoms with E-state index in [4.69, 9.17) is 0 Å². The summed E-state index contributed by atoms with van der Waals surface area (Å²) in [6.45, 7) is 7.34. The predicted molar refractivity (Wildman–Crippen MR) is 61.6 cm³/mol. The SMILES string of the molecule is CC(C)N1CCC(/C=C\CN=C=O)CC1. The Morgan fingerprint density at radius 3 is 2.67 bits per heavy atom. The largest absolute Gasteiger partial charge is 0.301 e. The molecule has 0 aromatic carbocycles. The quantitative estimate of drug-likeness (QED) is 0.402. The topological polar surface area (TPSA) is 32.7 Å². The monoisotopic (exact) mass is 208 g/mol. The average Bonchev–Trinajstić information content (AvgIpc) is 2.25. The maximum atomic E-state index is 9.84.